The van der Waals surface area contributed by atoms with Crippen molar-refractivity contribution in [3.05, 3.63) is 264 Å². The van der Waals surface area contributed by atoms with E-state index in [-0.39, 0.29) is 0 Å². The summed E-state index contributed by atoms with van der Waals surface area (Å²) in [5.74, 6) is 0. The van der Waals surface area contributed by atoms with E-state index >= 15 is 0 Å². The second-order valence-electron chi connectivity index (χ2n) is 14.8. The van der Waals surface area contributed by atoms with Gasteiger partial charge < -0.3 is 0 Å². The van der Waals surface area contributed by atoms with Crippen molar-refractivity contribution in [2.24, 2.45) is 0 Å². The molecular formula is C58H40. The first-order valence-electron chi connectivity index (χ1n) is 20.0. The minimum atomic E-state index is 1.17. The fraction of sp³-hybridized carbons (Fsp3) is 0. The van der Waals surface area contributed by atoms with Gasteiger partial charge in [-0.15, -0.1) is 0 Å². The first kappa shape index (κ1) is 34.9. The van der Waals surface area contributed by atoms with E-state index in [0.717, 1.165) is 0 Å². The lowest BCUT2D eigenvalue weighted by Gasteiger charge is -2.19. The summed E-state index contributed by atoms with van der Waals surface area (Å²) in [5.41, 5.74) is 14.5. The van der Waals surface area contributed by atoms with Crippen molar-refractivity contribution in [2.75, 3.05) is 0 Å². The molecule has 0 spiro atoms. The summed E-state index contributed by atoms with van der Waals surface area (Å²) >= 11 is 0. The molecule has 0 saturated heterocycles. The maximum absolute atomic E-state index is 2.34. The van der Waals surface area contributed by atoms with Crippen molar-refractivity contribution in [3.63, 3.8) is 0 Å². The Balaban J connectivity index is 1.13. The van der Waals surface area contributed by atoms with E-state index in [1.54, 1.807) is 0 Å². The zero-order chi connectivity index (χ0) is 38.7. The highest BCUT2D eigenvalue weighted by Gasteiger charge is 2.19. The highest BCUT2D eigenvalue weighted by atomic mass is 14.2. The van der Waals surface area contributed by atoms with E-state index in [1.165, 1.54) is 99.1 Å². The number of hydrogen-bond donors (Lipinski definition) is 0. The summed E-state index contributed by atoms with van der Waals surface area (Å²) in [6.07, 6.45) is 4.62. The molecule has 10 rings (SSSR count). The summed E-state index contributed by atoms with van der Waals surface area (Å²) in [5, 5.41) is 7.53. The van der Waals surface area contributed by atoms with Crippen LogP contribution in [-0.2, 0) is 0 Å². The van der Waals surface area contributed by atoms with Crippen molar-refractivity contribution in [3.8, 4) is 22.3 Å². The van der Waals surface area contributed by atoms with Crippen LogP contribution in [-0.4, -0.2) is 0 Å². The van der Waals surface area contributed by atoms with E-state index in [2.05, 4.69) is 243 Å². The van der Waals surface area contributed by atoms with Crippen molar-refractivity contribution >= 4 is 55.6 Å². The Labute approximate surface area is 340 Å². The monoisotopic (exact) mass is 736 g/mol. The normalized spacial score (nSPS) is 11.1. The Morgan fingerprint density at radius 3 is 1.07 bits per heavy atom. The molecule has 0 atom stereocenters. The lowest BCUT2D eigenvalue weighted by atomic mass is 9.83. The molecule has 10 aromatic rings. The molecule has 0 nitrogen and oxygen atoms in total. The third-order valence-corrected chi connectivity index (χ3v) is 11.3. The molecule has 58 heavy (non-hydrogen) atoms. The van der Waals surface area contributed by atoms with Crippen molar-refractivity contribution in [2.45, 2.75) is 0 Å². The van der Waals surface area contributed by atoms with Gasteiger partial charge in [-0.1, -0.05) is 231 Å². The van der Waals surface area contributed by atoms with Crippen LogP contribution in [0, 0.1) is 0 Å². The van der Waals surface area contributed by atoms with Crippen LogP contribution in [0.25, 0.3) is 77.9 Å². The van der Waals surface area contributed by atoms with Crippen molar-refractivity contribution < 1.29 is 0 Å². The van der Waals surface area contributed by atoms with E-state index < -0.39 is 0 Å². The fourth-order valence-corrected chi connectivity index (χ4v) is 8.52. The van der Waals surface area contributed by atoms with Crippen LogP contribution < -0.4 is 0 Å². The highest BCUT2D eigenvalue weighted by molar-refractivity contribution is 6.28. The molecule has 0 aliphatic heterocycles. The average Bonchev–Trinajstić information content (AvgIpc) is 3.31. The van der Waals surface area contributed by atoms with Gasteiger partial charge in [0.2, 0.25) is 0 Å². The summed E-state index contributed by atoms with van der Waals surface area (Å²) < 4.78 is 0. The van der Waals surface area contributed by atoms with Gasteiger partial charge in [-0.2, -0.15) is 0 Å². The third kappa shape index (κ3) is 6.72. The van der Waals surface area contributed by atoms with Crippen molar-refractivity contribution in [1.29, 1.82) is 0 Å². The molecule has 0 saturated carbocycles. The van der Waals surface area contributed by atoms with Gasteiger partial charge in [0.1, 0.15) is 0 Å². The van der Waals surface area contributed by atoms with Crippen LogP contribution in [0.1, 0.15) is 33.4 Å². The first-order valence-corrected chi connectivity index (χ1v) is 20.0. The highest BCUT2D eigenvalue weighted by Crippen LogP contribution is 2.46. The van der Waals surface area contributed by atoms with Crippen LogP contribution in [0.15, 0.2) is 231 Å². The second-order valence-corrected chi connectivity index (χ2v) is 14.8. The third-order valence-electron chi connectivity index (χ3n) is 11.3. The van der Waals surface area contributed by atoms with E-state index in [9.17, 15) is 0 Å². The summed E-state index contributed by atoms with van der Waals surface area (Å²) in [4.78, 5) is 0. The minimum Gasteiger partial charge on any atom is -0.0622 e. The number of benzene rings is 10. The maximum Gasteiger partial charge on any atom is -0.00141 e. The smallest absolute Gasteiger partial charge is 0.00141 e. The van der Waals surface area contributed by atoms with Crippen LogP contribution in [0.4, 0.5) is 0 Å². The number of rotatable bonds is 8. The molecule has 0 unspecified atom stereocenters. The van der Waals surface area contributed by atoms with Gasteiger partial charge in [-0.3, -0.25) is 0 Å². The maximum atomic E-state index is 2.34. The van der Waals surface area contributed by atoms with E-state index in [0.29, 0.717) is 0 Å². The zero-order valence-electron chi connectivity index (χ0n) is 32.1. The number of fused-ring (bicyclic) bond motifs is 4. The Kier molecular flexibility index (Phi) is 9.35. The molecule has 0 bridgehead atoms. The largest absolute Gasteiger partial charge is 0.0622 e. The van der Waals surface area contributed by atoms with E-state index in [1.807, 2.05) is 0 Å². The molecule has 0 aliphatic carbocycles. The van der Waals surface area contributed by atoms with Crippen LogP contribution >= 0.6 is 0 Å². The topological polar surface area (TPSA) is 0 Å². The minimum absolute atomic E-state index is 1.17. The van der Waals surface area contributed by atoms with Gasteiger partial charge in [0.25, 0.3) is 0 Å². The lowest BCUT2D eigenvalue weighted by molar-refractivity contribution is 1.55. The lowest BCUT2D eigenvalue weighted by Crippen LogP contribution is -1.93. The molecule has 0 aliphatic rings. The predicted octanol–water partition coefficient (Wildman–Crippen LogP) is 15.7. The van der Waals surface area contributed by atoms with Gasteiger partial charge >= 0.3 is 0 Å². The van der Waals surface area contributed by atoms with Gasteiger partial charge in [0.15, 0.2) is 0 Å². The summed E-state index contributed by atoms with van der Waals surface area (Å²) in [7, 11) is 0. The van der Waals surface area contributed by atoms with Crippen LogP contribution in [0.3, 0.4) is 0 Å². The molecule has 0 heteroatoms. The molecule has 0 aromatic heterocycles. The molecule has 0 fully saturated rings. The molecule has 0 radical (unpaired) electrons. The Morgan fingerprint density at radius 1 is 0.259 bits per heavy atom. The molecule has 0 N–H and O–H groups in total. The summed E-state index contributed by atoms with van der Waals surface area (Å²) in [6, 6.07) is 83.4. The molecule has 10 aromatic carbocycles. The molecule has 0 amide bonds. The van der Waals surface area contributed by atoms with Crippen molar-refractivity contribution in [1.82, 2.24) is 0 Å². The van der Waals surface area contributed by atoms with Gasteiger partial charge in [0.05, 0.1) is 0 Å². The standard InChI is InChI=1S/C58H40/c1-5-17-43(18-6-1)54(44-19-7-2-8-20-44)39-41-29-33-48(34-30-41)56-51-27-15-16-28-52(51)57(58-50-26-14-13-25-47(50)37-38-53(56)58)49-35-31-42(32-36-49)40-55(45-21-9-3-10-22-45)46-23-11-4-12-24-46/h1-40H. The second kappa shape index (κ2) is 15.5. The van der Waals surface area contributed by atoms with Crippen LogP contribution in [0.5, 0.6) is 0 Å². The Bertz CT molecular complexity index is 3000. The van der Waals surface area contributed by atoms with Gasteiger partial charge in [-0.05, 0) is 111 Å². The zero-order valence-corrected chi connectivity index (χ0v) is 32.1. The predicted molar refractivity (Wildman–Crippen MR) is 250 cm³/mol. The SMILES string of the molecule is C(=C(c1ccccc1)c1ccccc1)c1ccc(-c2c3ccccc3c(-c3ccc(C=C(c4ccccc4)c4ccccc4)cc3)c3c2ccc2ccccc23)cc1. The van der Waals surface area contributed by atoms with Gasteiger partial charge in [-0.25, -0.2) is 0 Å². The Hall–Kier alpha value is -7.54. The molecule has 0 heterocycles. The van der Waals surface area contributed by atoms with E-state index in [4.69, 9.17) is 0 Å². The molecular weight excluding hydrogens is 697 g/mol. The van der Waals surface area contributed by atoms with Crippen LogP contribution in [0.2, 0.25) is 0 Å². The fourth-order valence-electron chi connectivity index (χ4n) is 8.52. The summed E-state index contributed by atoms with van der Waals surface area (Å²) in [6.45, 7) is 0. The Morgan fingerprint density at radius 2 is 0.621 bits per heavy atom. The average molecular weight is 737 g/mol. The van der Waals surface area contributed by atoms with Gasteiger partial charge in [0, 0.05) is 0 Å². The quantitative estimate of drug-likeness (QED) is 0.0828. The number of hydrogen-bond acceptors (Lipinski definition) is 0. The first-order chi connectivity index (χ1) is 28.8. The molecule has 272 valence electrons.